The third-order valence-corrected chi connectivity index (χ3v) is 5.77. The Bertz CT molecular complexity index is 596. The summed E-state index contributed by atoms with van der Waals surface area (Å²) in [6.45, 7) is 0.504. The summed E-state index contributed by atoms with van der Waals surface area (Å²) in [6.07, 6.45) is 4.20. The molecule has 3 atom stereocenters. The van der Waals surface area contributed by atoms with Crippen LogP contribution in [0.3, 0.4) is 0 Å². The van der Waals surface area contributed by atoms with Gasteiger partial charge in [0.05, 0.1) is 5.75 Å². The van der Waals surface area contributed by atoms with Gasteiger partial charge in [-0.05, 0) is 43.0 Å². The van der Waals surface area contributed by atoms with Crippen LogP contribution in [0, 0.1) is 17.7 Å². The number of hydrogen-bond acceptors (Lipinski definition) is 4. The van der Waals surface area contributed by atoms with Crippen molar-refractivity contribution < 1.29 is 14.0 Å². The normalized spacial score (nSPS) is 26.4. The van der Waals surface area contributed by atoms with E-state index in [1.54, 1.807) is 12.1 Å². The van der Waals surface area contributed by atoms with E-state index in [0.29, 0.717) is 12.3 Å². The van der Waals surface area contributed by atoms with Crippen molar-refractivity contribution in [1.29, 1.82) is 0 Å². The van der Waals surface area contributed by atoms with Gasteiger partial charge in [0.1, 0.15) is 5.82 Å². The first-order chi connectivity index (χ1) is 11.6. The van der Waals surface area contributed by atoms with E-state index < -0.39 is 0 Å². The number of fused-ring (bicyclic) bond motifs is 1. The maximum atomic E-state index is 12.9. The molecule has 1 aromatic carbocycles. The predicted octanol–water partition coefficient (Wildman–Crippen LogP) is 1.84. The molecule has 0 spiro atoms. The van der Waals surface area contributed by atoms with Crippen molar-refractivity contribution in [2.45, 2.75) is 36.6 Å². The molecule has 130 valence electrons. The van der Waals surface area contributed by atoms with Gasteiger partial charge in [-0.25, -0.2) is 9.82 Å². The number of hydrogen-bond donors (Lipinski definition) is 3. The van der Waals surface area contributed by atoms with Gasteiger partial charge in [0.25, 0.3) is 0 Å². The van der Waals surface area contributed by atoms with Crippen LogP contribution < -0.4 is 16.2 Å². The van der Waals surface area contributed by atoms with Gasteiger partial charge < -0.3 is 5.32 Å². The van der Waals surface area contributed by atoms with Crippen LogP contribution in [0.15, 0.2) is 29.2 Å². The smallest absolute Gasteiger partial charge is 0.237 e. The van der Waals surface area contributed by atoms with Gasteiger partial charge in [-0.2, -0.15) is 0 Å². The minimum atomic E-state index is -0.281. The Morgan fingerprint density at radius 2 is 2.00 bits per heavy atom. The van der Waals surface area contributed by atoms with Gasteiger partial charge >= 0.3 is 0 Å². The Morgan fingerprint density at radius 3 is 2.79 bits per heavy atom. The molecule has 0 radical (unpaired) electrons. The van der Waals surface area contributed by atoms with Crippen molar-refractivity contribution >= 4 is 23.6 Å². The van der Waals surface area contributed by atoms with E-state index in [0.717, 1.165) is 30.6 Å². The Labute approximate surface area is 145 Å². The maximum Gasteiger partial charge on any atom is 0.237 e. The number of carbonyl (C=O) groups excluding carboxylic acids is 2. The Morgan fingerprint density at radius 1 is 1.25 bits per heavy atom. The molecule has 5 nitrogen and oxygen atoms in total. The van der Waals surface area contributed by atoms with E-state index in [1.165, 1.54) is 23.9 Å². The van der Waals surface area contributed by atoms with Crippen LogP contribution in [0.5, 0.6) is 0 Å². The summed E-state index contributed by atoms with van der Waals surface area (Å²) in [4.78, 5) is 24.8. The Kier molecular flexibility index (Phi) is 5.73. The van der Waals surface area contributed by atoms with E-state index >= 15 is 0 Å². The summed E-state index contributed by atoms with van der Waals surface area (Å²) in [5.41, 5.74) is 5.78. The van der Waals surface area contributed by atoms with Crippen LogP contribution in [0.2, 0.25) is 0 Å². The fourth-order valence-electron chi connectivity index (χ4n) is 3.49. The highest BCUT2D eigenvalue weighted by atomic mass is 32.2. The molecule has 1 heterocycles. The number of hydrazine groups is 1. The molecule has 2 amide bonds. The van der Waals surface area contributed by atoms with Crippen molar-refractivity contribution in [3.8, 4) is 0 Å². The van der Waals surface area contributed by atoms with Crippen molar-refractivity contribution in [2.75, 3.05) is 12.3 Å². The number of halogens is 1. The zero-order valence-electron chi connectivity index (χ0n) is 13.4. The van der Waals surface area contributed by atoms with Gasteiger partial charge in [0.2, 0.25) is 11.8 Å². The molecule has 1 aromatic rings. The summed E-state index contributed by atoms with van der Waals surface area (Å²) < 4.78 is 12.9. The average Bonchev–Trinajstić information content (AvgIpc) is 2.61. The third-order valence-electron chi connectivity index (χ3n) is 4.76. The lowest BCUT2D eigenvalue weighted by Crippen LogP contribution is -2.62. The summed E-state index contributed by atoms with van der Waals surface area (Å²) >= 11 is 1.38. The zero-order valence-corrected chi connectivity index (χ0v) is 14.2. The fraction of sp³-hybridized carbons (Fsp3) is 0.529. The Balaban J connectivity index is 1.45. The lowest BCUT2D eigenvalue weighted by atomic mass is 9.74. The third kappa shape index (κ3) is 4.27. The number of carbonyl (C=O) groups is 2. The predicted molar refractivity (Wildman–Crippen MR) is 90.6 cm³/mol. The molecule has 1 aliphatic carbocycles. The summed E-state index contributed by atoms with van der Waals surface area (Å²) in [5.74, 6) is 0.382. The number of rotatable bonds is 5. The summed E-state index contributed by atoms with van der Waals surface area (Å²) in [5, 5.41) is 2.93. The molecule has 1 aliphatic heterocycles. The highest BCUT2D eigenvalue weighted by Crippen LogP contribution is 2.34. The lowest BCUT2D eigenvalue weighted by Gasteiger charge is -2.41. The molecule has 0 aromatic heterocycles. The number of thioether (sulfide) groups is 1. The molecule has 3 rings (SSSR count). The molecule has 7 heteroatoms. The van der Waals surface area contributed by atoms with Crippen molar-refractivity contribution in [1.82, 2.24) is 16.2 Å². The topological polar surface area (TPSA) is 70.2 Å². The molecule has 2 fully saturated rings. The van der Waals surface area contributed by atoms with Gasteiger partial charge in [0.15, 0.2) is 0 Å². The second kappa shape index (κ2) is 7.98. The monoisotopic (exact) mass is 351 g/mol. The molecule has 3 unspecified atom stereocenters. The maximum absolute atomic E-state index is 12.9. The highest BCUT2D eigenvalue weighted by molar-refractivity contribution is 8.00. The second-order valence-corrected chi connectivity index (χ2v) is 7.39. The quantitative estimate of drug-likeness (QED) is 0.708. The molecule has 0 bridgehead atoms. The number of amides is 2. The van der Waals surface area contributed by atoms with Crippen LogP contribution in [0.25, 0.3) is 0 Å². The fourth-order valence-corrected chi connectivity index (χ4v) is 4.22. The molecule has 2 aliphatic rings. The van der Waals surface area contributed by atoms with Crippen molar-refractivity contribution in [3.05, 3.63) is 30.1 Å². The largest absolute Gasteiger partial charge is 0.354 e. The van der Waals surface area contributed by atoms with E-state index in [1.807, 2.05) is 0 Å². The molecular formula is C17H22FN3O2S. The minimum Gasteiger partial charge on any atom is -0.354 e. The van der Waals surface area contributed by atoms with Gasteiger partial charge in [-0.1, -0.05) is 12.8 Å². The number of benzene rings is 1. The molecule has 1 saturated carbocycles. The first-order valence-electron chi connectivity index (χ1n) is 8.34. The van der Waals surface area contributed by atoms with E-state index in [-0.39, 0.29) is 35.5 Å². The van der Waals surface area contributed by atoms with Crippen LogP contribution in [-0.2, 0) is 9.59 Å². The van der Waals surface area contributed by atoms with Crippen LogP contribution in [0.4, 0.5) is 4.39 Å². The average molecular weight is 351 g/mol. The van der Waals surface area contributed by atoms with Crippen LogP contribution in [0.1, 0.15) is 25.7 Å². The standard InChI is InChI=1S/C17H22FN3O2S/c18-11-5-7-12(8-6-11)24-10-16(22)19-9-15-13-3-1-2-4-14(13)17(23)21-20-15/h5-8,13-15,20H,1-4,9-10H2,(H,19,22)(H,21,23). The van der Waals surface area contributed by atoms with Gasteiger partial charge in [-0.3, -0.25) is 15.0 Å². The van der Waals surface area contributed by atoms with Crippen LogP contribution >= 0.6 is 11.8 Å². The van der Waals surface area contributed by atoms with Crippen LogP contribution in [-0.4, -0.2) is 30.2 Å². The van der Waals surface area contributed by atoms with Gasteiger partial charge in [0, 0.05) is 23.4 Å². The first kappa shape index (κ1) is 17.2. The van der Waals surface area contributed by atoms with E-state index in [9.17, 15) is 14.0 Å². The molecule has 1 saturated heterocycles. The van der Waals surface area contributed by atoms with Gasteiger partial charge in [-0.15, -0.1) is 11.8 Å². The summed E-state index contributed by atoms with van der Waals surface area (Å²) in [6, 6.07) is 6.18. The zero-order chi connectivity index (χ0) is 16.9. The molecule has 3 N–H and O–H groups in total. The molecule has 24 heavy (non-hydrogen) atoms. The van der Waals surface area contributed by atoms with E-state index in [2.05, 4.69) is 16.2 Å². The molecular weight excluding hydrogens is 329 g/mol. The summed E-state index contributed by atoms with van der Waals surface area (Å²) in [7, 11) is 0. The first-order valence-corrected chi connectivity index (χ1v) is 9.32. The van der Waals surface area contributed by atoms with E-state index in [4.69, 9.17) is 0 Å². The second-order valence-electron chi connectivity index (χ2n) is 6.34. The highest BCUT2D eigenvalue weighted by Gasteiger charge is 2.39. The Hall–Kier alpha value is -1.60. The van der Waals surface area contributed by atoms with Crippen molar-refractivity contribution in [2.24, 2.45) is 11.8 Å². The lowest BCUT2D eigenvalue weighted by molar-refractivity contribution is -0.133. The van der Waals surface area contributed by atoms with Crippen molar-refractivity contribution in [3.63, 3.8) is 0 Å². The number of nitrogens with one attached hydrogen (secondary N) is 3. The SMILES string of the molecule is O=C(CSc1ccc(F)cc1)NCC1NNC(=O)C2CCCCC12. The minimum absolute atomic E-state index is 0.0598.